The van der Waals surface area contributed by atoms with Crippen LogP contribution in [0.5, 0.6) is 5.75 Å². The standard InChI is InChI=1S/C16H23N3O3/c1-11-5-4-6-12(2)15(11)22-10-13(3)18-16(21)19-8-7-17-14(20)9-19/h4-6,13H,7-10H2,1-3H3,(H,17,20)(H,18,21)/t13-/m0/s1. The highest BCUT2D eigenvalue weighted by atomic mass is 16.5. The van der Waals surface area contributed by atoms with Gasteiger partial charge in [0.15, 0.2) is 0 Å². The normalized spacial score (nSPS) is 16.0. The van der Waals surface area contributed by atoms with E-state index in [4.69, 9.17) is 4.74 Å². The van der Waals surface area contributed by atoms with Crippen LogP contribution in [0.3, 0.4) is 0 Å². The van der Waals surface area contributed by atoms with E-state index in [-0.39, 0.29) is 24.5 Å². The summed E-state index contributed by atoms with van der Waals surface area (Å²) in [5.74, 6) is 0.738. The van der Waals surface area contributed by atoms with Crippen molar-refractivity contribution >= 4 is 11.9 Å². The van der Waals surface area contributed by atoms with Crippen molar-refractivity contribution in [1.82, 2.24) is 15.5 Å². The van der Waals surface area contributed by atoms with E-state index < -0.39 is 0 Å². The van der Waals surface area contributed by atoms with Crippen LogP contribution < -0.4 is 15.4 Å². The SMILES string of the molecule is Cc1cccc(C)c1OC[C@H](C)NC(=O)N1CCNC(=O)C1. The summed E-state index contributed by atoms with van der Waals surface area (Å²) in [6, 6.07) is 5.61. The van der Waals surface area contributed by atoms with Gasteiger partial charge in [0.05, 0.1) is 6.04 Å². The van der Waals surface area contributed by atoms with Gasteiger partial charge in [-0.3, -0.25) is 4.79 Å². The van der Waals surface area contributed by atoms with Crippen molar-refractivity contribution in [2.75, 3.05) is 26.2 Å². The lowest BCUT2D eigenvalue weighted by Gasteiger charge is -2.28. The van der Waals surface area contributed by atoms with Gasteiger partial charge in [-0.2, -0.15) is 0 Å². The summed E-state index contributed by atoms with van der Waals surface area (Å²) in [5, 5.41) is 5.56. The molecule has 0 aliphatic carbocycles. The van der Waals surface area contributed by atoms with Crippen LogP contribution in [0.2, 0.25) is 0 Å². The first kappa shape index (κ1) is 16.1. The van der Waals surface area contributed by atoms with Gasteiger partial charge in [0.1, 0.15) is 18.9 Å². The van der Waals surface area contributed by atoms with Gasteiger partial charge in [-0.25, -0.2) is 4.79 Å². The van der Waals surface area contributed by atoms with Crippen LogP contribution in [-0.2, 0) is 4.79 Å². The molecule has 1 saturated heterocycles. The monoisotopic (exact) mass is 305 g/mol. The van der Waals surface area contributed by atoms with Crippen molar-refractivity contribution in [3.05, 3.63) is 29.3 Å². The Hall–Kier alpha value is -2.24. The van der Waals surface area contributed by atoms with Gasteiger partial charge < -0.3 is 20.3 Å². The molecule has 1 fully saturated rings. The molecule has 0 spiro atoms. The smallest absolute Gasteiger partial charge is 0.318 e. The molecule has 1 atom stereocenters. The summed E-state index contributed by atoms with van der Waals surface area (Å²) in [7, 11) is 0. The lowest BCUT2D eigenvalue weighted by molar-refractivity contribution is -0.123. The van der Waals surface area contributed by atoms with Crippen LogP contribution in [0.25, 0.3) is 0 Å². The van der Waals surface area contributed by atoms with E-state index in [2.05, 4.69) is 10.6 Å². The summed E-state index contributed by atoms with van der Waals surface area (Å²) in [6.45, 7) is 7.40. The first-order valence-electron chi connectivity index (χ1n) is 7.48. The van der Waals surface area contributed by atoms with Crippen LogP contribution in [0, 0.1) is 13.8 Å². The number of para-hydroxylation sites is 1. The summed E-state index contributed by atoms with van der Waals surface area (Å²) in [4.78, 5) is 24.9. The molecule has 3 amide bonds. The molecule has 120 valence electrons. The number of ether oxygens (including phenoxy) is 1. The van der Waals surface area contributed by atoms with E-state index in [1.54, 1.807) is 0 Å². The summed E-state index contributed by atoms with van der Waals surface area (Å²) < 4.78 is 5.83. The molecule has 0 unspecified atom stereocenters. The lowest BCUT2D eigenvalue weighted by Crippen LogP contribution is -2.54. The third kappa shape index (κ3) is 4.13. The van der Waals surface area contributed by atoms with E-state index in [9.17, 15) is 9.59 Å². The van der Waals surface area contributed by atoms with E-state index in [0.717, 1.165) is 16.9 Å². The highest BCUT2D eigenvalue weighted by Gasteiger charge is 2.22. The predicted molar refractivity (Wildman–Crippen MR) is 84.0 cm³/mol. The van der Waals surface area contributed by atoms with Crippen LogP contribution in [0.4, 0.5) is 4.79 Å². The number of amides is 3. The number of nitrogens with one attached hydrogen (secondary N) is 2. The molecular formula is C16H23N3O3. The van der Waals surface area contributed by atoms with Gasteiger partial charge in [-0.1, -0.05) is 18.2 Å². The van der Waals surface area contributed by atoms with Gasteiger partial charge in [0, 0.05) is 13.1 Å². The molecule has 6 heteroatoms. The van der Waals surface area contributed by atoms with Crippen molar-refractivity contribution in [2.45, 2.75) is 26.8 Å². The maximum atomic E-state index is 12.1. The molecule has 2 N–H and O–H groups in total. The van der Waals surface area contributed by atoms with E-state index >= 15 is 0 Å². The minimum atomic E-state index is -0.229. The highest BCUT2D eigenvalue weighted by molar-refractivity contribution is 5.85. The fraction of sp³-hybridized carbons (Fsp3) is 0.500. The number of hydrogen-bond donors (Lipinski definition) is 2. The predicted octanol–water partition coefficient (Wildman–Crippen LogP) is 1.21. The fourth-order valence-electron chi connectivity index (χ4n) is 2.39. The van der Waals surface area contributed by atoms with Crippen molar-refractivity contribution in [1.29, 1.82) is 0 Å². The number of piperazine rings is 1. The van der Waals surface area contributed by atoms with Crippen LogP contribution >= 0.6 is 0 Å². The number of rotatable bonds is 4. The number of hydrogen-bond acceptors (Lipinski definition) is 3. The maximum Gasteiger partial charge on any atom is 0.318 e. The second-order valence-corrected chi connectivity index (χ2v) is 5.65. The minimum Gasteiger partial charge on any atom is -0.491 e. The molecular weight excluding hydrogens is 282 g/mol. The van der Waals surface area contributed by atoms with E-state index in [1.807, 2.05) is 39.0 Å². The van der Waals surface area contributed by atoms with Crippen LogP contribution in [-0.4, -0.2) is 49.1 Å². The maximum absolute atomic E-state index is 12.1. The lowest BCUT2D eigenvalue weighted by atomic mass is 10.1. The van der Waals surface area contributed by atoms with Crippen LogP contribution in [0.1, 0.15) is 18.1 Å². The Labute approximate surface area is 130 Å². The zero-order chi connectivity index (χ0) is 16.1. The summed E-state index contributed by atoms with van der Waals surface area (Å²) in [6.07, 6.45) is 0. The quantitative estimate of drug-likeness (QED) is 0.878. The third-order valence-electron chi connectivity index (χ3n) is 3.58. The molecule has 0 saturated carbocycles. The molecule has 1 heterocycles. The number of aryl methyl sites for hydroxylation is 2. The first-order chi connectivity index (χ1) is 10.5. The molecule has 1 aliphatic heterocycles. The zero-order valence-corrected chi connectivity index (χ0v) is 13.3. The molecule has 2 rings (SSSR count). The number of carbonyl (C=O) groups excluding carboxylic acids is 2. The second-order valence-electron chi connectivity index (χ2n) is 5.65. The number of urea groups is 1. The Morgan fingerprint density at radius 2 is 2.09 bits per heavy atom. The van der Waals surface area contributed by atoms with E-state index in [1.165, 1.54) is 4.90 Å². The van der Waals surface area contributed by atoms with Gasteiger partial charge in [-0.05, 0) is 31.9 Å². The zero-order valence-electron chi connectivity index (χ0n) is 13.3. The minimum absolute atomic E-state index is 0.107. The largest absolute Gasteiger partial charge is 0.491 e. The second kappa shape index (κ2) is 7.15. The molecule has 1 aromatic rings. The number of nitrogens with zero attached hydrogens (tertiary/aromatic N) is 1. The van der Waals surface area contributed by atoms with Crippen LogP contribution in [0.15, 0.2) is 18.2 Å². The molecule has 0 bridgehead atoms. The molecule has 1 aliphatic rings. The average molecular weight is 305 g/mol. The van der Waals surface area contributed by atoms with Gasteiger partial charge >= 0.3 is 6.03 Å². The fourth-order valence-corrected chi connectivity index (χ4v) is 2.39. The van der Waals surface area contributed by atoms with Crippen molar-refractivity contribution < 1.29 is 14.3 Å². The molecule has 6 nitrogen and oxygen atoms in total. The van der Waals surface area contributed by atoms with Gasteiger partial charge in [0.25, 0.3) is 0 Å². The van der Waals surface area contributed by atoms with Gasteiger partial charge in [0.2, 0.25) is 5.91 Å². The molecule has 1 aromatic carbocycles. The number of carbonyl (C=O) groups is 2. The highest BCUT2D eigenvalue weighted by Crippen LogP contribution is 2.22. The Kier molecular flexibility index (Phi) is 5.25. The Morgan fingerprint density at radius 1 is 1.41 bits per heavy atom. The summed E-state index contributed by atoms with van der Waals surface area (Å²) in [5.41, 5.74) is 2.15. The Morgan fingerprint density at radius 3 is 2.73 bits per heavy atom. The van der Waals surface area contributed by atoms with Crippen molar-refractivity contribution in [3.8, 4) is 5.75 Å². The Balaban J connectivity index is 1.84. The topological polar surface area (TPSA) is 70.7 Å². The number of benzene rings is 1. The molecule has 0 aromatic heterocycles. The van der Waals surface area contributed by atoms with E-state index in [0.29, 0.717) is 19.7 Å². The van der Waals surface area contributed by atoms with Gasteiger partial charge in [-0.15, -0.1) is 0 Å². The average Bonchev–Trinajstić information content (AvgIpc) is 2.46. The van der Waals surface area contributed by atoms with Crippen molar-refractivity contribution in [3.63, 3.8) is 0 Å². The van der Waals surface area contributed by atoms with Crippen molar-refractivity contribution in [2.24, 2.45) is 0 Å². The summed E-state index contributed by atoms with van der Waals surface area (Å²) >= 11 is 0. The molecule has 22 heavy (non-hydrogen) atoms. The first-order valence-corrected chi connectivity index (χ1v) is 7.48. The third-order valence-corrected chi connectivity index (χ3v) is 3.58. The molecule has 0 radical (unpaired) electrons. The Bertz CT molecular complexity index is 539.